The van der Waals surface area contributed by atoms with Crippen molar-refractivity contribution in [3.8, 4) is 0 Å². The molecule has 1 aliphatic heterocycles. The van der Waals surface area contributed by atoms with E-state index in [2.05, 4.69) is 0 Å². The first-order valence-corrected chi connectivity index (χ1v) is 6.92. The fourth-order valence-corrected chi connectivity index (χ4v) is 3.09. The van der Waals surface area contributed by atoms with Crippen molar-refractivity contribution < 1.29 is 8.42 Å². The van der Waals surface area contributed by atoms with E-state index in [1.54, 1.807) is 16.8 Å². The van der Waals surface area contributed by atoms with Crippen LogP contribution in [0.3, 0.4) is 0 Å². The lowest BCUT2D eigenvalue weighted by atomic mass is 10.1. The van der Waals surface area contributed by atoms with Gasteiger partial charge in [0.15, 0.2) is 0 Å². The lowest BCUT2D eigenvalue weighted by Crippen LogP contribution is -2.37. The Morgan fingerprint density at radius 1 is 1.07 bits per heavy atom. The van der Waals surface area contributed by atoms with Gasteiger partial charge < -0.3 is 0 Å². The fourth-order valence-electron chi connectivity index (χ4n) is 1.99. The highest BCUT2D eigenvalue weighted by molar-refractivity contribution is 7.89. The van der Waals surface area contributed by atoms with Crippen LogP contribution in [0.4, 0.5) is 0 Å². The second-order valence-corrected chi connectivity index (χ2v) is 6.26. The van der Waals surface area contributed by atoms with Gasteiger partial charge in [-0.3, -0.25) is 0 Å². The second kappa shape index (κ2) is 3.66. The first-order valence-electron chi connectivity index (χ1n) is 5.31. The topological polar surface area (TPSA) is 37.4 Å². The highest BCUT2D eigenvalue weighted by atomic mass is 32.2. The zero-order valence-corrected chi connectivity index (χ0v) is 9.44. The van der Waals surface area contributed by atoms with E-state index in [4.69, 9.17) is 0 Å². The summed E-state index contributed by atoms with van der Waals surface area (Å²) in [5.74, 6) is 0.235. The molecule has 1 saturated carbocycles. The van der Waals surface area contributed by atoms with Crippen LogP contribution in [-0.4, -0.2) is 31.6 Å². The maximum atomic E-state index is 11.6. The van der Waals surface area contributed by atoms with Crippen molar-refractivity contribution in [2.75, 3.05) is 18.8 Å². The SMILES string of the molecule is CCS(=O)(=O)N1CCC(=C2CC2)CC1. The van der Waals surface area contributed by atoms with E-state index in [0.29, 0.717) is 13.1 Å². The molecule has 0 unspecified atom stereocenters. The fraction of sp³-hybridized carbons (Fsp3) is 0.800. The van der Waals surface area contributed by atoms with Gasteiger partial charge in [-0.25, -0.2) is 12.7 Å². The quantitative estimate of drug-likeness (QED) is 0.655. The van der Waals surface area contributed by atoms with Crippen LogP contribution in [-0.2, 0) is 10.0 Å². The van der Waals surface area contributed by atoms with E-state index in [0.717, 1.165) is 12.8 Å². The van der Waals surface area contributed by atoms with Gasteiger partial charge in [0, 0.05) is 13.1 Å². The summed E-state index contributed by atoms with van der Waals surface area (Å²) in [5, 5.41) is 0. The minimum Gasteiger partial charge on any atom is -0.212 e. The molecular formula is C10H17NO2S. The Hall–Kier alpha value is -0.350. The first kappa shape index (κ1) is 10.2. The van der Waals surface area contributed by atoms with Crippen molar-refractivity contribution in [2.45, 2.75) is 32.6 Å². The number of piperidine rings is 1. The predicted octanol–water partition coefficient (Wildman–Crippen LogP) is 1.52. The molecule has 1 aliphatic carbocycles. The number of hydrogen-bond acceptors (Lipinski definition) is 2. The summed E-state index contributed by atoms with van der Waals surface area (Å²) in [5.41, 5.74) is 3.13. The molecule has 0 amide bonds. The largest absolute Gasteiger partial charge is 0.213 e. The van der Waals surface area contributed by atoms with Crippen LogP contribution in [0.1, 0.15) is 32.6 Å². The molecule has 0 bridgehead atoms. The van der Waals surface area contributed by atoms with Crippen molar-refractivity contribution in [2.24, 2.45) is 0 Å². The summed E-state index contributed by atoms with van der Waals surface area (Å²) < 4.78 is 24.8. The molecule has 1 heterocycles. The summed E-state index contributed by atoms with van der Waals surface area (Å²) in [4.78, 5) is 0. The molecule has 0 radical (unpaired) electrons. The van der Waals surface area contributed by atoms with Gasteiger partial charge >= 0.3 is 0 Å². The molecule has 0 aromatic carbocycles. The van der Waals surface area contributed by atoms with E-state index in [1.165, 1.54) is 18.4 Å². The summed E-state index contributed by atoms with van der Waals surface area (Å²) in [6.07, 6.45) is 4.45. The minimum absolute atomic E-state index is 0.235. The molecule has 0 spiro atoms. The molecule has 4 heteroatoms. The van der Waals surface area contributed by atoms with Gasteiger partial charge in [0.1, 0.15) is 0 Å². The Balaban J connectivity index is 1.99. The van der Waals surface area contributed by atoms with Crippen molar-refractivity contribution >= 4 is 10.0 Å². The number of allylic oxidation sites excluding steroid dienone is 1. The summed E-state index contributed by atoms with van der Waals surface area (Å²) in [6, 6.07) is 0. The summed E-state index contributed by atoms with van der Waals surface area (Å²) >= 11 is 0. The van der Waals surface area contributed by atoms with E-state index in [1.807, 2.05) is 0 Å². The van der Waals surface area contributed by atoms with Crippen LogP contribution in [0.25, 0.3) is 0 Å². The highest BCUT2D eigenvalue weighted by Gasteiger charge is 2.27. The van der Waals surface area contributed by atoms with Gasteiger partial charge in [-0.15, -0.1) is 0 Å². The molecule has 1 saturated heterocycles. The van der Waals surface area contributed by atoms with Crippen LogP contribution >= 0.6 is 0 Å². The molecule has 2 aliphatic rings. The van der Waals surface area contributed by atoms with Gasteiger partial charge in [-0.2, -0.15) is 0 Å². The van der Waals surface area contributed by atoms with Crippen molar-refractivity contribution in [1.29, 1.82) is 0 Å². The molecule has 14 heavy (non-hydrogen) atoms. The molecule has 2 rings (SSSR count). The third kappa shape index (κ3) is 2.01. The van der Waals surface area contributed by atoms with Crippen LogP contribution in [0.2, 0.25) is 0 Å². The Labute approximate surface area is 85.8 Å². The maximum absolute atomic E-state index is 11.6. The van der Waals surface area contributed by atoms with Crippen LogP contribution in [0.15, 0.2) is 11.1 Å². The standard InChI is InChI=1S/C10H17NO2S/c1-2-14(12,13)11-7-5-10(6-8-11)9-3-4-9/h2-8H2,1H3. The van der Waals surface area contributed by atoms with Crippen LogP contribution in [0.5, 0.6) is 0 Å². The van der Waals surface area contributed by atoms with Gasteiger partial charge in [-0.05, 0) is 32.6 Å². The van der Waals surface area contributed by atoms with Crippen molar-refractivity contribution in [1.82, 2.24) is 4.31 Å². The smallest absolute Gasteiger partial charge is 0.212 e. The summed E-state index contributed by atoms with van der Waals surface area (Å²) in [7, 11) is -2.94. The molecular weight excluding hydrogens is 198 g/mol. The lowest BCUT2D eigenvalue weighted by molar-refractivity contribution is 0.387. The van der Waals surface area contributed by atoms with Gasteiger partial charge in [0.25, 0.3) is 0 Å². The molecule has 0 aromatic heterocycles. The lowest BCUT2D eigenvalue weighted by Gasteiger charge is -2.27. The molecule has 2 fully saturated rings. The Morgan fingerprint density at radius 2 is 1.57 bits per heavy atom. The number of rotatable bonds is 2. The normalized spacial score (nSPS) is 24.1. The minimum atomic E-state index is -2.94. The van der Waals surface area contributed by atoms with E-state index < -0.39 is 10.0 Å². The number of hydrogen-bond donors (Lipinski definition) is 0. The predicted molar refractivity (Wildman–Crippen MR) is 56.5 cm³/mol. The van der Waals surface area contributed by atoms with E-state index in [9.17, 15) is 8.42 Å². The number of nitrogens with zero attached hydrogens (tertiary/aromatic N) is 1. The average molecular weight is 215 g/mol. The van der Waals surface area contributed by atoms with Gasteiger partial charge in [0.05, 0.1) is 5.75 Å². The Bertz CT molecular complexity index is 340. The molecule has 3 nitrogen and oxygen atoms in total. The number of sulfonamides is 1. The monoisotopic (exact) mass is 215 g/mol. The third-order valence-electron chi connectivity index (χ3n) is 3.08. The maximum Gasteiger partial charge on any atom is 0.213 e. The molecule has 80 valence electrons. The average Bonchev–Trinajstić information content (AvgIpc) is 3.01. The Morgan fingerprint density at radius 3 is 2.00 bits per heavy atom. The molecule has 0 aromatic rings. The first-order chi connectivity index (χ1) is 6.63. The van der Waals surface area contributed by atoms with Crippen LogP contribution in [0, 0.1) is 0 Å². The highest BCUT2D eigenvalue weighted by Crippen LogP contribution is 2.36. The van der Waals surface area contributed by atoms with E-state index >= 15 is 0 Å². The molecule has 0 N–H and O–H groups in total. The zero-order chi connectivity index (χ0) is 10.2. The second-order valence-electron chi connectivity index (χ2n) is 4.01. The van der Waals surface area contributed by atoms with Gasteiger partial charge in [0.2, 0.25) is 10.0 Å². The van der Waals surface area contributed by atoms with Crippen molar-refractivity contribution in [3.63, 3.8) is 0 Å². The Kier molecular flexibility index (Phi) is 2.66. The van der Waals surface area contributed by atoms with Gasteiger partial charge in [-0.1, -0.05) is 11.1 Å². The molecule has 0 atom stereocenters. The van der Waals surface area contributed by atoms with E-state index in [-0.39, 0.29) is 5.75 Å². The van der Waals surface area contributed by atoms with Crippen LogP contribution < -0.4 is 0 Å². The summed E-state index contributed by atoms with van der Waals surface area (Å²) in [6.45, 7) is 3.12. The third-order valence-corrected chi connectivity index (χ3v) is 4.97. The van der Waals surface area contributed by atoms with Crippen molar-refractivity contribution in [3.05, 3.63) is 11.1 Å². The zero-order valence-electron chi connectivity index (χ0n) is 8.62.